The number of rotatable bonds is 4. The summed E-state index contributed by atoms with van der Waals surface area (Å²) in [5.41, 5.74) is -0.231. The van der Waals surface area contributed by atoms with Gasteiger partial charge >= 0.3 is 0 Å². The lowest BCUT2D eigenvalue weighted by Crippen LogP contribution is -2.15. The van der Waals surface area contributed by atoms with E-state index in [-0.39, 0.29) is 17.3 Å². The van der Waals surface area contributed by atoms with E-state index in [9.17, 15) is 8.78 Å². The van der Waals surface area contributed by atoms with Crippen LogP contribution < -0.4 is 5.32 Å². The first-order valence-electron chi connectivity index (χ1n) is 4.85. The van der Waals surface area contributed by atoms with Crippen LogP contribution in [0.15, 0.2) is 24.8 Å². The second-order valence-electron chi connectivity index (χ2n) is 3.47. The standard InChI is InChI=1S/C12H12F2N2/c1-3-4-8(2)16-10-6-5-9(7-15)11(13)12(10)14/h3,5-6,8,16H,1,4H2,2H3. The summed E-state index contributed by atoms with van der Waals surface area (Å²) in [5.74, 6) is -2.13. The van der Waals surface area contributed by atoms with Crippen LogP contribution >= 0.6 is 0 Å². The summed E-state index contributed by atoms with van der Waals surface area (Å²) < 4.78 is 26.7. The Labute approximate surface area is 93.2 Å². The molecule has 0 amide bonds. The number of nitrogens with one attached hydrogen (secondary N) is 1. The van der Waals surface area contributed by atoms with E-state index in [1.807, 2.05) is 6.92 Å². The van der Waals surface area contributed by atoms with Crippen LogP contribution in [0.4, 0.5) is 14.5 Å². The number of anilines is 1. The van der Waals surface area contributed by atoms with E-state index in [0.29, 0.717) is 6.42 Å². The molecule has 0 saturated heterocycles. The van der Waals surface area contributed by atoms with E-state index < -0.39 is 11.6 Å². The Hall–Kier alpha value is -1.89. The summed E-state index contributed by atoms with van der Waals surface area (Å²) in [6, 6.07) is 4.15. The number of halogens is 2. The van der Waals surface area contributed by atoms with E-state index >= 15 is 0 Å². The zero-order valence-electron chi connectivity index (χ0n) is 8.93. The van der Waals surface area contributed by atoms with Crippen molar-refractivity contribution in [3.8, 4) is 6.07 Å². The maximum atomic E-state index is 13.4. The van der Waals surface area contributed by atoms with Crippen LogP contribution in [0.1, 0.15) is 18.9 Å². The third-order valence-electron chi connectivity index (χ3n) is 2.12. The number of hydrogen-bond acceptors (Lipinski definition) is 2. The average molecular weight is 222 g/mol. The largest absolute Gasteiger partial charge is 0.380 e. The summed E-state index contributed by atoms with van der Waals surface area (Å²) in [4.78, 5) is 0. The maximum absolute atomic E-state index is 13.4. The number of nitrogens with zero attached hydrogens (tertiary/aromatic N) is 1. The lowest BCUT2D eigenvalue weighted by Gasteiger charge is -2.14. The molecule has 0 aromatic heterocycles. The van der Waals surface area contributed by atoms with Crippen molar-refractivity contribution in [2.45, 2.75) is 19.4 Å². The summed E-state index contributed by atoms with van der Waals surface area (Å²) in [6.45, 7) is 5.39. The van der Waals surface area contributed by atoms with E-state index in [2.05, 4.69) is 11.9 Å². The van der Waals surface area contributed by atoms with Gasteiger partial charge in [0.15, 0.2) is 11.6 Å². The van der Waals surface area contributed by atoms with Crippen molar-refractivity contribution in [2.75, 3.05) is 5.32 Å². The van der Waals surface area contributed by atoms with E-state index in [4.69, 9.17) is 5.26 Å². The predicted molar refractivity (Wildman–Crippen MR) is 59.0 cm³/mol. The fourth-order valence-corrected chi connectivity index (χ4v) is 1.32. The lowest BCUT2D eigenvalue weighted by atomic mass is 10.1. The zero-order valence-corrected chi connectivity index (χ0v) is 8.93. The van der Waals surface area contributed by atoms with Crippen molar-refractivity contribution >= 4 is 5.69 Å². The second-order valence-corrected chi connectivity index (χ2v) is 3.47. The quantitative estimate of drug-likeness (QED) is 0.794. The molecule has 0 aliphatic carbocycles. The Morgan fingerprint density at radius 2 is 2.19 bits per heavy atom. The Bertz CT molecular complexity index is 435. The molecule has 0 bridgehead atoms. The molecule has 1 rings (SSSR count). The highest BCUT2D eigenvalue weighted by molar-refractivity contribution is 5.50. The molecular weight excluding hydrogens is 210 g/mol. The van der Waals surface area contributed by atoms with Crippen LogP contribution in [0, 0.1) is 23.0 Å². The topological polar surface area (TPSA) is 35.8 Å². The molecule has 0 saturated carbocycles. The molecule has 1 aromatic rings. The molecule has 2 nitrogen and oxygen atoms in total. The summed E-state index contributed by atoms with van der Waals surface area (Å²) >= 11 is 0. The molecule has 0 heterocycles. The molecular formula is C12H12F2N2. The van der Waals surface area contributed by atoms with Gasteiger partial charge in [-0.25, -0.2) is 8.78 Å². The first-order chi connectivity index (χ1) is 7.60. The van der Waals surface area contributed by atoms with Gasteiger partial charge < -0.3 is 5.32 Å². The van der Waals surface area contributed by atoms with Crippen molar-refractivity contribution in [1.29, 1.82) is 5.26 Å². The second kappa shape index (κ2) is 5.26. The number of nitriles is 1. The highest BCUT2D eigenvalue weighted by atomic mass is 19.2. The Kier molecular flexibility index (Phi) is 4.01. The van der Waals surface area contributed by atoms with Crippen molar-refractivity contribution < 1.29 is 8.78 Å². The van der Waals surface area contributed by atoms with E-state index in [1.54, 1.807) is 12.1 Å². The molecule has 0 aliphatic rings. The summed E-state index contributed by atoms with van der Waals surface area (Å²) in [7, 11) is 0. The molecule has 16 heavy (non-hydrogen) atoms. The minimum absolute atomic E-state index is 0.0423. The van der Waals surface area contributed by atoms with Crippen LogP contribution in [0.3, 0.4) is 0 Å². The molecule has 84 valence electrons. The highest BCUT2D eigenvalue weighted by Crippen LogP contribution is 2.21. The molecule has 4 heteroatoms. The van der Waals surface area contributed by atoms with E-state index in [0.717, 1.165) is 0 Å². The SMILES string of the molecule is C=CCC(C)Nc1ccc(C#N)c(F)c1F. The van der Waals surface area contributed by atoms with Crippen LogP contribution in [0.5, 0.6) is 0 Å². The average Bonchev–Trinajstić information content (AvgIpc) is 2.25. The molecule has 1 N–H and O–H groups in total. The van der Waals surface area contributed by atoms with Gasteiger partial charge in [-0.3, -0.25) is 0 Å². The fourth-order valence-electron chi connectivity index (χ4n) is 1.32. The van der Waals surface area contributed by atoms with E-state index in [1.165, 1.54) is 12.1 Å². The van der Waals surface area contributed by atoms with Crippen LogP contribution in [0.25, 0.3) is 0 Å². The van der Waals surface area contributed by atoms with Gasteiger partial charge in [-0.1, -0.05) is 6.08 Å². The van der Waals surface area contributed by atoms with Crippen molar-refractivity contribution in [3.05, 3.63) is 42.0 Å². The first kappa shape index (κ1) is 12.2. The number of hydrogen-bond donors (Lipinski definition) is 1. The molecule has 0 aliphatic heterocycles. The molecule has 0 radical (unpaired) electrons. The lowest BCUT2D eigenvalue weighted by molar-refractivity contribution is 0.507. The molecule has 1 aromatic carbocycles. The molecule has 1 atom stereocenters. The van der Waals surface area contributed by atoms with Gasteiger partial charge in [0, 0.05) is 6.04 Å². The zero-order chi connectivity index (χ0) is 12.1. The Morgan fingerprint density at radius 1 is 1.50 bits per heavy atom. The predicted octanol–water partition coefficient (Wildman–Crippen LogP) is 3.21. The smallest absolute Gasteiger partial charge is 0.183 e. The van der Waals surface area contributed by atoms with Crippen LogP contribution in [-0.4, -0.2) is 6.04 Å². The van der Waals surface area contributed by atoms with Crippen LogP contribution in [0.2, 0.25) is 0 Å². The van der Waals surface area contributed by atoms with Gasteiger partial charge in [0.1, 0.15) is 6.07 Å². The van der Waals surface area contributed by atoms with Gasteiger partial charge in [0.25, 0.3) is 0 Å². The minimum Gasteiger partial charge on any atom is -0.380 e. The summed E-state index contributed by atoms with van der Waals surface area (Å²) in [6.07, 6.45) is 2.33. The van der Waals surface area contributed by atoms with Gasteiger partial charge in [-0.2, -0.15) is 5.26 Å². The monoisotopic (exact) mass is 222 g/mol. The molecule has 0 fully saturated rings. The summed E-state index contributed by atoms with van der Waals surface area (Å²) in [5, 5.41) is 11.3. The van der Waals surface area contributed by atoms with Gasteiger partial charge in [-0.05, 0) is 25.5 Å². The van der Waals surface area contributed by atoms with Gasteiger partial charge in [-0.15, -0.1) is 6.58 Å². The molecule has 0 spiro atoms. The minimum atomic E-state index is -1.11. The first-order valence-corrected chi connectivity index (χ1v) is 4.85. The third kappa shape index (κ3) is 2.57. The number of benzene rings is 1. The van der Waals surface area contributed by atoms with Gasteiger partial charge in [0.05, 0.1) is 11.3 Å². The normalized spacial score (nSPS) is 11.6. The van der Waals surface area contributed by atoms with Crippen LogP contribution in [-0.2, 0) is 0 Å². The highest BCUT2D eigenvalue weighted by Gasteiger charge is 2.13. The fraction of sp³-hybridized carbons (Fsp3) is 0.250. The Morgan fingerprint density at radius 3 is 2.75 bits per heavy atom. The van der Waals surface area contributed by atoms with Crippen molar-refractivity contribution in [3.63, 3.8) is 0 Å². The maximum Gasteiger partial charge on any atom is 0.183 e. The molecule has 1 unspecified atom stereocenters. The van der Waals surface area contributed by atoms with Crippen molar-refractivity contribution in [1.82, 2.24) is 0 Å². The van der Waals surface area contributed by atoms with Crippen molar-refractivity contribution in [2.24, 2.45) is 0 Å². The van der Waals surface area contributed by atoms with Gasteiger partial charge in [0.2, 0.25) is 0 Å². The Balaban J connectivity index is 2.95. The third-order valence-corrected chi connectivity index (χ3v) is 2.12.